The van der Waals surface area contributed by atoms with Crippen LogP contribution in [-0.2, 0) is 13.1 Å². The second-order valence-corrected chi connectivity index (χ2v) is 4.99. The van der Waals surface area contributed by atoms with Crippen LogP contribution in [-0.4, -0.2) is 11.1 Å². The summed E-state index contributed by atoms with van der Waals surface area (Å²) in [6, 6.07) is 6.86. The summed E-state index contributed by atoms with van der Waals surface area (Å²) >= 11 is 0. The van der Waals surface area contributed by atoms with Crippen molar-refractivity contribution in [2.75, 3.05) is 6.54 Å². The molecule has 2 aromatic rings. The highest BCUT2D eigenvalue weighted by atomic mass is 15.0. The molecule has 0 radical (unpaired) electrons. The second-order valence-electron chi connectivity index (χ2n) is 4.99. The first kappa shape index (κ1) is 13.2. The maximum atomic E-state index is 3.39. The lowest BCUT2D eigenvalue weighted by atomic mass is 10.1. The molecule has 1 aromatic heterocycles. The summed E-state index contributed by atoms with van der Waals surface area (Å²) in [4.78, 5) is 0. The van der Waals surface area contributed by atoms with Gasteiger partial charge in [-0.05, 0) is 50.1 Å². The van der Waals surface area contributed by atoms with Crippen molar-refractivity contribution in [2.45, 2.75) is 47.2 Å². The molecule has 1 aromatic carbocycles. The number of aryl methyl sites for hydroxylation is 2. The van der Waals surface area contributed by atoms with E-state index in [2.05, 4.69) is 55.8 Å². The van der Waals surface area contributed by atoms with Crippen molar-refractivity contribution in [1.29, 1.82) is 0 Å². The fourth-order valence-electron chi connectivity index (χ4n) is 2.59. The molecule has 2 rings (SSSR count). The lowest BCUT2D eigenvalue weighted by Crippen LogP contribution is -2.11. The Balaban J connectivity index is 2.47. The van der Waals surface area contributed by atoms with Gasteiger partial charge in [-0.1, -0.05) is 19.9 Å². The summed E-state index contributed by atoms with van der Waals surface area (Å²) in [5.41, 5.74) is 5.59. The van der Waals surface area contributed by atoms with Gasteiger partial charge in [0.1, 0.15) is 0 Å². The van der Waals surface area contributed by atoms with Crippen LogP contribution in [0.4, 0.5) is 0 Å². The molecule has 1 N–H and O–H groups in total. The highest BCUT2D eigenvalue weighted by Gasteiger charge is 2.10. The van der Waals surface area contributed by atoms with Crippen molar-refractivity contribution < 1.29 is 0 Å². The smallest absolute Gasteiger partial charge is 0.0485 e. The van der Waals surface area contributed by atoms with Crippen molar-refractivity contribution in [3.8, 4) is 0 Å². The highest BCUT2D eigenvalue weighted by molar-refractivity contribution is 5.86. The van der Waals surface area contributed by atoms with E-state index in [0.29, 0.717) is 0 Å². The summed E-state index contributed by atoms with van der Waals surface area (Å²) < 4.78 is 2.45. The number of hydrogen-bond acceptors (Lipinski definition) is 1. The van der Waals surface area contributed by atoms with Crippen LogP contribution in [0.25, 0.3) is 10.9 Å². The lowest BCUT2D eigenvalue weighted by molar-refractivity contribution is 0.683. The summed E-state index contributed by atoms with van der Waals surface area (Å²) in [6.45, 7) is 11.9. The first-order chi connectivity index (χ1) is 8.69. The Kier molecular flexibility index (Phi) is 4.07. The molecule has 0 aliphatic heterocycles. The van der Waals surface area contributed by atoms with Crippen LogP contribution in [0.3, 0.4) is 0 Å². The van der Waals surface area contributed by atoms with Gasteiger partial charge in [0.15, 0.2) is 0 Å². The Morgan fingerprint density at radius 1 is 1.17 bits per heavy atom. The highest BCUT2D eigenvalue weighted by Crippen LogP contribution is 2.26. The molecule has 0 aliphatic carbocycles. The molecule has 0 atom stereocenters. The number of nitrogens with one attached hydrogen (secondary N) is 1. The molecular weight excluding hydrogens is 220 g/mol. The van der Waals surface area contributed by atoms with Crippen LogP contribution in [0.15, 0.2) is 18.2 Å². The van der Waals surface area contributed by atoms with E-state index in [9.17, 15) is 0 Å². The zero-order valence-electron chi connectivity index (χ0n) is 12.0. The van der Waals surface area contributed by atoms with Gasteiger partial charge in [-0.15, -0.1) is 0 Å². The van der Waals surface area contributed by atoms with Crippen molar-refractivity contribution in [3.63, 3.8) is 0 Å². The Hall–Kier alpha value is -1.28. The molecule has 0 unspecified atom stereocenters. The Labute approximate surface area is 110 Å². The molecule has 0 saturated heterocycles. The lowest BCUT2D eigenvalue weighted by Gasteiger charge is -2.07. The number of nitrogens with zero attached hydrogens (tertiary/aromatic N) is 1. The molecule has 18 heavy (non-hydrogen) atoms. The van der Waals surface area contributed by atoms with E-state index in [1.165, 1.54) is 34.1 Å². The van der Waals surface area contributed by atoms with Gasteiger partial charge in [-0.3, -0.25) is 0 Å². The average molecular weight is 244 g/mol. The van der Waals surface area contributed by atoms with E-state index in [-0.39, 0.29) is 0 Å². The van der Waals surface area contributed by atoms with Gasteiger partial charge in [0.05, 0.1) is 0 Å². The van der Waals surface area contributed by atoms with Crippen LogP contribution in [0.2, 0.25) is 0 Å². The number of aromatic nitrogens is 1. The maximum Gasteiger partial charge on any atom is 0.0485 e. The van der Waals surface area contributed by atoms with Gasteiger partial charge in [0, 0.05) is 29.7 Å². The fourth-order valence-corrected chi connectivity index (χ4v) is 2.59. The molecule has 0 aliphatic rings. The van der Waals surface area contributed by atoms with Gasteiger partial charge in [-0.2, -0.15) is 0 Å². The number of benzene rings is 1. The number of fused-ring (bicyclic) bond motifs is 1. The first-order valence-corrected chi connectivity index (χ1v) is 6.98. The molecule has 0 fully saturated rings. The first-order valence-electron chi connectivity index (χ1n) is 6.98. The third-order valence-electron chi connectivity index (χ3n) is 3.73. The van der Waals surface area contributed by atoms with Gasteiger partial charge < -0.3 is 9.88 Å². The SMILES string of the molecule is CCCn1c(C)c(C)c2cc(CNCC)ccc21. The Bertz CT molecular complexity index is 538. The van der Waals surface area contributed by atoms with Crippen molar-refractivity contribution >= 4 is 10.9 Å². The summed E-state index contributed by atoms with van der Waals surface area (Å²) in [5.74, 6) is 0. The summed E-state index contributed by atoms with van der Waals surface area (Å²) in [7, 11) is 0. The van der Waals surface area contributed by atoms with Crippen LogP contribution in [0, 0.1) is 13.8 Å². The predicted molar refractivity (Wildman–Crippen MR) is 79.1 cm³/mol. The summed E-state index contributed by atoms with van der Waals surface area (Å²) in [5, 5.41) is 4.80. The van der Waals surface area contributed by atoms with Crippen molar-refractivity contribution in [2.24, 2.45) is 0 Å². The second kappa shape index (κ2) is 5.57. The quantitative estimate of drug-likeness (QED) is 0.847. The van der Waals surface area contributed by atoms with E-state index < -0.39 is 0 Å². The molecule has 2 heteroatoms. The zero-order chi connectivity index (χ0) is 13.1. The third-order valence-corrected chi connectivity index (χ3v) is 3.73. The van der Waals surface area contributed by atoms with Gasteiger partial charge in [-0.25, -0.2) is 0 Å². The minimum absolute atomic E-state index is 0.962. The maximum absolute atomic E-state index is 3.39. The summed E-state index contributed by atoms with van der Waals surface area (Å²) in [6.07, 6.45) is 1.18. The Morgan fingerprint density at radius 3 is 2.61 bits per heavy atom. The van der Waals surface area contributed by atoms with E-state index in [4.69, 9.17) is 0 Å². The Morgan fingerprint density at radius 2 is 1.94 bits per heavy atom. The predicted octanol–water partition coefficient (Wildman–Crippen LogP) is 3.78. The van der Waals surface area contributed by atoms with Crippen LogP contribution >= 0.6 is 0 Å². The van der Waals surface area contributed by atoms with E-state index in [0.717, 1.165) is 19.6 Å². The van der Waals surface area contributed by atoms with E-state index in [1.54, 1.807) is 0 Å². The molecule has 98 valence electrons. The molecule has 0 bridgehead atoms. The van der Waals surface area contributed by atoms with Gasteiger partial charge in [0.25, 0.3) is 0 Å². The molecule has 2 nitrogen and oxygen atoms in total. The largest absolute Gasteiger partial charge is 0.345 e. The molecular formula is C16H24N2. The van der Waals surface area contributed by atoms with Crippen LogP contribution in [0.1, 0.15) is 37.1 Å². The average Bonchev–Trinajstić information content (AvgIpc) is 2.62. The van der Waals surface area contributed by atoms with Gasteiger partial charge >= 0.3 is 0 Å². The topological polar surface area (TPSA) is 17.0 Å². The van der Waals surface area contributed by atoms with Crippen LogP contribution in [0.5, 0.6) is 0 Å². The van der Waals surface area contributed by atoms with Crippen molar-refractivity contribution in [1.82, 2.24) is 9.88 Å². The van der Waals surface area contributed by atoms with Gasteiger partial charge in [0.2, 0.25) is 0 Å². The monoisotopic (exact) mass is 244 g/mol. The van der Waals surface area contributed by atoms with Crippen molar-refractivity contribution in [3.05, 3.63) is 35.0 Å². The molecule has 0 amide bonds. The van der Waals surface area contributed by atoms with Crippen LogP contribution < -0.4 is 5.32 Å². The molecule has 0 spiro atoms. The minimum Gasteiger partial charge on any atom is -0.345 e. The number of rotatable bonds is 5. The fraction of sp³-hybridized carbons (Fsp3) is 0.500. The van der Waals surface area contributed by atoms with E-state index >= 15 is 0 Å². The minimum atomic E-state index is 0.962. The zero-order valence-corrected chi connectivity index (χ0v) is 12.0. The molecule has 1 heterocycles. The third kappa shape index (κ3) is 2.30. The standard InChI is InChI=1S/C16H24N2/c1-5-9-18-13(4)12(3)15-10-14(11-17-6-2)7-8-16(15)18/h7-8,10,17H,5-6,9,11H2,1-4H3. The normalized spacial score (nSPS) is 11.3. The number of hydrogen-bond donors (Lipinski definition) is 1. The van der Waals surface area contributed by atoms with E-state index in [1.807, 2.05) is 0 Å². The molecule has 0 saturated carbocycles.